The van der Waals surface area contributed by atoms with E-state index in [1.807, 2.05) is 24.3 Å². The third-order valence-corrected chi connectivity index (χ3v) is 11.1. The second-order valence-corrected chi connectivity index (χ2v) is 16.3. The highest BCUT2D eigenvalue weighted by atomic mass is 16.8. The third-order valence-electron chi connectivity index (χ3n) is 11.1. The first-order chi connectivity index (χ1) is 33.3. The molecule has 0 radical (unpaired) electrons. The van der Waals surface area contributed by atoms with Crippen molar-refractivity contribution in [1.82, 2.24) is 9.97 Å². The van der Waals surface area contributed by atoms with Gasteiger partial charge >= 0.3 is 23.9 Å². The summed E-state index contributed by atoms with van der Waals surface area (Å²) in [5, 5.41) is 0. The van der Waals surface area contributed by atoms with Crippen LogP contribution in [0.2, 0.25) is 0 Å². The van der Waals surface area contributed by atoms with E-state index in [2.05, 4.69) is 23.1 Å². The van der Waals surface area contributed by atoms with Crippen molar-refractivity contribution >= 4 is 23.9 Å². The molecule has 0 amide bonds. The topological polar surface area (TPSA) is 168 Å². The Morgan fingerprint density at radius 3 is 1.13 bits per heavy atom. The van der Waals surface area contributed by atoms with Crippen LogP contribution in [-0.4, -0.2) is 86.1 Å². The highest BCUT2D eigenvalue weighted by Crippen LogP contribution is 2.24. The van der Waals surface area contributed by atoms with E-state index in [4.69, 9.17) is 37.9 Å². The summed E-state index contributed by atoms with van der Waals surface area (Å²) >= 11 is 0. The lowest BCUT2D eigenvalue weighted by molar-refractivity contribution is -0.288. The van der Waals surface area contributed by atoms with Gasteiger partial charge in [-0.15, -0.1) is 0 Å². The van der Waals surface area contributed by atoms with Crippen LogP contribution >= 0.6 is 0 Å². The fraction of sp³-hybridized carbons (Fsp3) is 0.444. The first kappa shape index (κ1) is 52.6. The maximum absolute atomic E-state index is 13.2. The molecule has 3 heterocycles. The lowest BCUT2D eigenvalue weighted by atomic mass is 10.1. The summed E-state index contributed by atoms with van der Waals surface area (Å²) in [6.07, 6.45) is 20.5. The number of ether oxygens (including phenoxy) is 8. The third kappa shape index (κ3) is 19.5. The van der Waals surface area contributed by atoms with Crippen molar-refractivity contribution < 1.29 is 57.1 Å². The molecule has 1 aliphatic rings. The van der Waals surface area contributed by atoms with E-state index < -0.39 is 24.5 Å². The molecule has 2 aromatic heterocycles. The maximum atomic E-state index is 13.2. The molecule has 0 spiro atoms. The largest absolute Gasteiger partial charge is 0.492 e. The number of rotatable bonds is 32. The molecule has 1 fully saturated rings. The quantitative estimate of drug-likeness (QED) is 0.0196. The van der Waals surface area contributed by atoms with Crippen LogP contribution in [0.3, 0.4) is 0 Å². The number of aromatic nitrogens is 2. The summed E-state index contributed by atoms with van der Waals surface area (Å²) in [5.41, 5.74) is 3.62. The lowest BCUT2D eigenvalue weighted by Crippen LogP contribution is -2.44. The molecule has 0 bridgehead atoms. The zero-order valence-electron chi connectivity index (χ0n) is 39.2. The van der Waals surface area contributed by atoms with Gasteiger partial charge in [-0.05, 0) is 74.2 Å². The van der Waals surface area contributed by atoms with Crippen molar-refractivity contribution in [2.75, 3.05) is 39.6 Å². The van der Waals surface area contributed by atoms with Crippen molar-refractivity contribution in [3.8, 4) is 34.0 Å². The van der Waals surface area contributed by atoms with E-state index in [0.29, 0.717) is 37.9 Å². The Labute approximate surface area is 400 Å². The molecule has 1 saturated heterocycles. The van der Waals surface area contributed by atoms with Crippen molar-refractivity contribution in [3.63, 3.8) is 0 Å². The SMILES string of the molecule is C=CC(=O)OCCCCCCCCCCOc1ccc(-c2ccc(C(=O)OC3OCCOC3OC(=O)c3ccc(-c4ccc(OCCCCCCCCCCOC(=O)C=C)cn4)cc3)cc2)nc1. The van der Waals surface area contributed by atoms with Gasteiger partial charge in [0.1, 0.15) is 11.5 Å². The fourth-order valence-electron chi connectivity index (χ4n) is 7.21. The molecule has 0 aliphatic carbocycles. The van der Waals surface area contributed by atoms with Gasteiger partial charge in [-0.2, -0.15) is 0 Å². The Hall–Kier alpha value is -6.38. The van der Waals surface area contributed by atoms with Crippen LogP contribution in [0.25, 0.3) is 22.5 Å². The lowest BCUT2D eigenvalue weighted by Gasteiger charge is -2.30. The molecule has 1 aliphatic heterocycles. The van der Waals surface area contributed by atoms with Gasteiger partial charge in [0, 0.05) is 23.3 Å². The van der Waals surface area contributed by atoms with E-state index in [-0.39, 0.29) is 36.3 Å². The molecular formula is C54H66N2O12. The van der Waals surface area contributed by atoms with Crippen molar-refractivity contribution in [2.45, 2.75) is 115 Å². The first-order valence-corrected chi connectivity index (χ1v) is 23.9. The summed E-state index contributed by atoms with van der Waals surface area (Å²) in [6.45, 7) is 9.25. The summed E-state index contributed by atoms with van der Waals surface area (Å²) < 4.78 is 44.3. The van der Waals surface area contributed by atoms with Gasteiger partial charge in [0.25, 0.3) is 12.6 Å². The van der Waals surface area contributed by atoms with Gasteiger partial charge in [-0.3, -0.25) is 9.97 Å². The van der Waals surface area contributed by atoms with Gasteiger partial charge in [-0.25, -0.2) is 19.2 Å². The smallest absolute Gasteiger partial charge is 0.340 e. The number of esters is 4. The minimum atomic E-state index is -1.26. The molecule has 0 N–H and O–H groups in total. The fourth-order valence-corrected chi connectivity index (χ4v) is 7.21. The Balaban J connectivity index is 0.955. The molecule has 5 rings (SSSR count). The number of benzene rings is 2. The van der Waals surface area contributed by atoms with Crippen molar-refractivity contribution in [2.24, 2.45) is 0 Å². The number of pyridine rings is 2. The maximum Gasteiger partial charge on any atom is 0.340 e. The number of unbranched alkanes of at least 4 members (excludes halogenated alkanes) is 14. The molecule has 4 aromatic rings. The van der Waals surface area contributed by atoms with Crippen molar-refractivity contribution in [1.29, 1.82) is 0 Å². The predicted octanol–water partition coefficient (Wildman–Crippen LogP) is 11.0. The first-order valence-electron chi connectivity index (χ1n) is 23.9. The van der Waals surface area contributed by atoms with E-state index >= 15 is 0 Å². The Morgan fingerprint density at radius 1 is 0.471 bits per heavy atom. The van der Waals surface area contributed by atoms with Gasteiger partial charge < -0.3 is 37.9 Å². The van der Waals surface area contributed by atoms with Crippen LogP contribution in [-0.2, 0) is 38.0 Å². The highest BCUT2D eigenvalue weighted by Gasteiger charge is 2.34. The second kappa shape index (κ2) is 30.8. The number of hydrogen-bond acceptors (Lipinski definition) is 14. The van der Waals surface area contributed by atoms with Gasteiger partial charge in [0.05, 0.1) is 74.5 Å². The van der Waals surface area contributed by atoms with Crippen LogP contribution < -0.4 is 9.47 Å². The van der Waals surface area contributed by atoms with Gasteiger partial charge in [0.2, 0.25) is 0 Å². The predicted molar refractivity (Wildman–Crippen MR) is 257 cm³/mol. The monoisotopic (exact) mass is 934 g/mol. The zero-order chi connectivity index (χ0) is 48.0. The Kier molecular flexibility index (Phi) is 23.8. The molecule has 364 valence electrons. The molecule has 0 saturated carbocycles. The average molecular weight is 935 g/mol. The minimum absolute atomic E-state index is 0.156. The summed E-state index contributed by atoms with van der Waals surface area (Å²) in [6, 6.07) is 21.2. The van der Waals surface area contributed by atoms with Crippen LogP contribution in [0, 0.1) is 0 Å². The average Bonchev–Trinajstić information content (AvgIpc) is 3.37. The van der Waals surface area contributed by atoms with Crippen molar-refractivity contribution in [3.05, 3.63) is 122 Å². The Bertz CT molecular complexity index is 1970. The standard InChI is InChI=1S/C54H66N2O12/c1-3-49(57)63-35-19-15-11-7-5-9-13-17-33-61-45-29-31-47(55-39-45)41-21-25-43(26-22-41)51(59)67-53-54(66-38-37-65-53)68-52(60)44-27-23-42(24-28-44)48-32-30-46(40-56-48)62-34-18-14-10-6-8-12-16-20-36-64-50(58)4-2/h3-4,21-32,39-40,53-54H,1-2,5-20,33-38H2. The molecule has 14 heteroatoms. The summed E-state index contributed by atoms with van der Waals surface area (Å²) in [4.78, 5) is 57.5. The normalized spacial score (nSPS) is 14.3. The molecule has 14 nitrogen and oxygen atoms in total. The Morgan fingerprint density at radius 2 is 0.809 bits per heavy atom. The van der Waals surface area contributed by atoms with Crippen LogP contribution in [0.5, 0.6) is 11.5 Å². The van der Waals surface area contributed by atoms with Gasteiger partial charge in [-0.1, -0.05) is 114 Å². The molecular weight excluding hydrogens is 869 g/mol. The molecule has 68 heavy (non-hydrogen) atoms. The number of nitrogens with zero attached hydrogens (tertiary/aromatic N) is 2. The van der Waals surface area contributed by atoms with E-state index in [1.54, 1.807) is 60.9 Å². The summed E-state index contributed by atoms with van der Waals surface area (Å²) in [5.74, 6) is -0.665. The van der Waals surface area contributed by atoms with Crippen LogP contribution in [0.1, 0.15) is 123 Å². The van der Waals surface area contributed by atoms with E-state index in [1.165, 1.54) is 37.8 Å². The van der Waals surface area contributed by atoms with E-state index in [0.717, 1.165) is 99.6 Å². The number of carbonyl (C=O) groups excluding carboxylic acids is 4. The highest BCUT2D eigenvalue weighted by molar-refractivity contribution is 5.91. The molecule has 2 aromatic carbocycles. The second-order valence-electron chi connectivity index (χ2n) is 16.3. The molecule has 2 atom stereocenters. The van der Waals surface area contributed by atoms with Crippen LogP contribution in [0.4, 0.5) is 0 Å². The minimum Gasteiger partial charge on any atom is -0.492 e. The number of carbonyl (C=O) groups is 4. The molecule has 2 unspecified atom stereocenters. The van der Waals surface area contributed by atoms with Crippen LogP contribution in [0.15, 0.2) is 111 Å². The zero-order valence-corrected chi connectivity index (χ0v) is 39.2. The summed E-state index contributed by atoms with van der Waals surface area (Å²) in [7, 11) is 0. The van der Waals surface area contributed by atoms with E-state index in [9.17, 15) is 19.2 Å². The number of hydrogen-bond donors (Lipinski definition) is 0. The van der Waals surface area contributed by atoms with Gasteiger partial charge in [0.15, 0.2) is 0 Å².